The lowest BCUT2D eigenvalue weighted by molar-refractivity contribution is 0.316. The monoisotopic (exact) mass is 309 g/mol. The van der Waals surface area contributed by atoms with Crippen LogP contribution in [0.1, 0.15) is 31.9 Å². The van der Waals surface area contributed by atoms with Crippen molar-refractivity contribution >= 4 is 28.3 Å². The van der Waals surface area contributed by atoms with Crippen molar-refractivity contribution in [3.63, 3.8) is 0 Å². The molecule has 1 aromatic rings. The molecule has 0 saturated carbocycles. The molecule has 3 nitrogen and oxygen atoms in total. The highest BCUT2D eigenvalue weighted by Crippen LogP contribution is 2.37. The minimum atomic E-state index is -0.0268. The molecule has 16 heavy (non-hydrogen) atoms. The molecule has 0 saturated heterocycles. The van der Waals surface area contributed by atoms with Crippen molar-refractivity contribution < 1.29 is 9.84 Å². The van der Waals surface area contributed by atoms with Crippen LogP contribution in [0.2, 0.25) is 0 Å². The van der Waals surface area contributed by atoms with Crippen molar-refractivity contribution in [3.05, 3.63) is 22.2 Å². The number of phenols is 1. The molecule has 1 rings (SSSR count). The van der Waals surface area contributed by atoms with Gasteiger partial charge < -0.3 is 15.6 Å². The summed E-state index contributed by atoms with van der Waals surface area (Å²) >= 11 is 3.28. The summed E-state index contributed by atoms with van der Waals surface area (Å²) < 4.78 is 5.94. The minimum Gasteiger partial charge on any atom is -0.503 e. The summed E-state index contributed by atoms with van der Waals surface area (Å²) in [5.41, 5.74) is 6.88. The summed E-state index contributed by atoms with van der Waals surface area (Å²) in [5.74, 6) is 0.606. The number of benzene rings is 1. The van der Waals surface area contributed by atoms with E-state index in [1.54, 1.807) is 6.07 Å². The number of phenolic OH excluding ortho intramolecular Hbond substituents is 1. The molecule has 0 radical (unpaired) electrons. The first-order valence-electron chi connectivity index (χ1n) is 5.00. The van der Waals surface area contributed by atoms with Gasteiger partial charge in [-0.25, -0.2) is 0 Å². The summed E-state index contributed by atoms with van der Waals surface area (Å²) in [6, 6.07) is 3.59. The third kappa shape index (κ3) is 3.54. The number of ether oxygens (including phenoxy) is 1. The van der Waals surface area contributed by atoms with Crippen LogP contribution in [0.5, 0.6) is 11.5 Å². The van der Waals surface area contributed by atoms with E-state index < -0.39 is 0 Å². The van der Waals surface area contributed by atoms with Gasteiger partial charge in [-0.3, -0.25) is 0 Å². The van der Waals surface area contributed by atoms with Crippen LogP contribution in [0.15, 0.2) is 16.6 Å². The Morgan fingerprint density at radius 2 is 2.06 bits per heavy atom. The van der Waals surface area contributed by atoms with Crippen LogP contribution in [0, 0.1) is 0 Å². The van der Waals surface area contributed by atoms with E-state index in [4.69, 9.17) is 10.5 Å². The van der Waals surface area contributed by atoms with Gasteiger partial charge in [0.25, 0.3) is 0 Å². The molecule has 0 fully saturated rings. The predicted molar refractivity (Wildman–Crippen MR) is 71.4 cm³/mol. The van der Waals surface area contributed by atoms with Gasteiger partial charge in [-0.15, -0.1) is 12.4 Å². The maximum absolute atomic E-state index is 9.69. The van der Waals surface area contributed by atoms with E-state index in [1.165, 1.54) is 0 Å². The average molecular weight is 311 g/mol. The maximum Gasteiger partial charge on any atom is 0.172 e. The SMILES string of the molecule is CCOc1cc([C@H](N)CC)cc(Br)c1O.Cl. The van der Waals surface area contributed by atoms with Crippen LogP contribution in [-0.2, 0) is 0 Å². The zero-order valence-corrected chi connectivity index (χ0v) is 11.8. The molecule has 0 aliphatic heterocycles. The summed E-state index contributed by atoms with van der Waals surface area (Å²) in [5, 5.41) is 9.69. The van der Waals surface area contributed by atoms with Crippen LogP contribution >= 0.6 is 28.3 Å². The third-order valence-corrected chi connectivity index (χ3v) is 2.82. The molecular weight excluding hydrogens is 293 g/mol. The Bertz CT molecular complexity index is 347. The van der Waals surface area contributed by atoms with Crippen molar-refractivity contribution in [3.8, 4) is 11.5 Å². The van der Waals surface area contributed by atoms with Gasteiger partial charge in [0.05, 0.1) is 11.1 Å². The van der Waals surface area contributed by atoms with E-state index in [-0.39, 0.29) is 24.2 Å². The first-order chi connectivity index (χ1) is 7.10. The van der Waals surface area contributed by atoms with Crippen molar-refractivity contribution in [2.24, 2.45) is 5.73 Å². The summed E-state index contributed by atoms with van der Waals surface area (Å²) in [4.78, 5) is 0. The molecule has 1 aromatic carbocycles. The van der Waals surface area contributed by atoms with E-state index in [0.29, 0.717) is 16.8 Å². The van der Waals surface area contributed by atoms with Crippen molar-refractivity contribution in [2.45, 2.75) is 26.3 Å². The number of rotatable bonds is 4. The van der Waals surface area contributed by atoms with Crippen molar-refractivity contribution in [1.29, 1.82) is 0 Å². The van der Waals surface area contributed by atoms with Gasteiger partial charge in [-0.1, -0.05) is 6.92 Å². The molecule has 5 heteroatoms. The molecule has 0 unspecified atom stereocenters. The van der Waals surface area contributed by atoms with Gasteiger partial charge in [0.1, 0.15) is 0 Å². The zero-order chi connectivity index (χ0) is 11.4. The molecular formula is C11H17BrClNO2. The van der Waals surface area contributed by atoms with E-state index in [9.17, 15) is 5.11 Å². The van der Waals surface area contributed by atoms with Crippen LogP contribution in [0.4, 0.5) is 0 Å². The molecule has 0 bridgehead atoms. The first kappa shape index (κ1) is 15.5. The van der Waals surface area contributed by atoms with Gasteiger partial charge in [0.15, 0.2) is 11.5 Å². The Labute approximate surface area is 111 Å². The number of nitrogens with two attached hydrogens (primary N) is 1. The molecule has 0 heterocycles. The molecule has 0 spiro atoms. The normalized spacial score (nSPS) is 11.8. The largest absolute Gasteiger partial charge is 0.503 e. The fraction of sp³-hybridized carbons (Fsp3) is 0.455. The highest BCUT2D eigenvalue weighted by Gasteiger charge is 2.12. The van der Waals surface area contributed by atoms with Crippen LogP contribution in [-0.4, -0.2) is 11.7 Å². The smallest absolute Gasteiger partial charge is 0.172 e. The van der Waals surface area contributed by atoms with E-state index >= 15 is 0 Å². The Morgan fingerprint density at radius 1 is 1.44 bits per heavy atom. The minimum absolute atomic E-state index is 0. The highest BCUT2D eigenvalue weighted by atomic mass is 79.9. The topological polar surface area (TPSA) is 55.5 Å². The zero-order valence-electron chi connectivity index (χ0n) is 9.37. The van der Waals surface area contributed by atoms with Crippen LogP contribution in [0.3, 0.4) is 0 Å². The average Bonchev–Trinajstić information content (AvgIpc) is 2.23. The standard InChI is InChI=1S/C11H16BrNO2.ClH/c1-3-9(13)7-5-8(12)11(14)10(6-7)15-4-2;/h5-6,9,14H,3-4,13H2,1-2H3;1H/t9-;/m1./s1. The lowest BCUT2D eigenvalue weighted by Gasteiger charge is -2.14. The number of hydrogen-bond donors (Lipinski definition) is 2. The molecule has 0 amide bonds. The second-order valence-corrected chi connectivity index (χ2v) is 4.15. The maximum atomic E-state index is 9.69. The Balaban J connectivity index is 0.00000225. The molecule has 1 atom stereocenters. The second kappa shape index (κ2) is 6.99. The van der Waals surface area contributed by atoms with E-state index in [2.05, 4.69) is 15.9 Å². The fourth-order valence-corrected chi connectivity index (χ4v) is 1.77. The second-order valence-electron chi connectivity index (χ2n) is 3.30. The lowest BCUT2D eigenvalue weighted by Crippen LogP contribution is -2.09. The molecule has 92 valence electrons. The van der Waals surface area contributed by atoms with E-state index in [1.807, 2.05) is 19.9 Å². The van der Waals surface area contributed by atoms with Gasteiger partial charge in [-0.05, 0) is 47.0 Å². The van der Waals surface area contributed by atoms with Gasteiger partial charge >= 0.3 is 0 Å². The first-order valence-corrected chi connectivity index (χ1v) is 5.80. The Morgan fingerprint density at radius 3 is 2.56 bits per heavy atom. The van der Waals surface area contributed by atoms with Crippen molar-refractivity contribution in [1.82, 2.24) is 0 Å². The molecule has 3 N–H and O–H groups in total. The van der Waals surface area contributed by atoms with Gasteiger partial charge in [0.2, 0.25) is 0 Å². The lowest BCUT2D eigenvalue weighted by atomic mass is 10.1. The number of halogens is 2. The third-order valence-electron chi connectivity index (χ3n) is 2.22. The number of hydrogen-bond acceptors (Lipinski definition) is 3. The highest BCUT2D eigenvalue weighted by molar-refractivity contribution is 9.10. The molecule has 0 aromatic heterocycles. The van der Waals surface area contributed by atoms with Gasteiger partial charge in [-0.2, -0.15) is 0 Å². The summed E-state index contributed by atoms with van der Waals surface area (Å²) in [7, 11) is 0. The summed E-state index contributed by atoms with van der Waals surface area (Å²) in [6.07, 6.45) is 0.850. The number of aromatic hydroxyl groups is 1. The Hall–Kier alpha value is -0.450. The predicted octanol–water partition coefficient (Wildman–Crippen LogP) is 3.39. The summed E-state index contributed by atoms with van der Waals surface area (Å²) in [6.45, 7) is 4.41. The van der Waals surface area contributed by atoms with Crippen molar-refractivity contribution in [2.75, 3.05) is 6.61 Å². The van der Waals surface area contributed by atoms with Gasteiger partial charge in [0, 0.05) is 6.04 Å². The molecule has 0 aliphatic rings. The Kier molecular flexibility index (Phi) is 6.79. The quantitative estimate of drug-likeness (QED) is 0.896. The fourth-order valence-electron chi connectivity index (χ4n) is 1.31. The van der Waals surface area contributed by atoms with Crippen LogP contribution < -0.4 is 10.5 Å². The van der Waals surface area contributed by atoms with Crippen LogP contribution in [0.25, 0.3) is 0 Å². The van der Waals surface area contributed by atoms with E-state index in [0.717, 1.165) is 12.0 Å². The molecule has 0 aliphatic carbocycles.